The zero-order valence-electron chi connectivity index (χ0n) is 9.53. The molecule has 3 heterocycles. The molecule has 4 nitrogen and oxygen atoms in total. The summed E-state index contributed by atoms with van der Waals surface area (Å²) in [5, 5.41) is 0. The second-order valence-corrected chi connectivity index (χ2v) is 5.98. The summed E-state index contributed by atoms with van der Waals surface area (Å²) in [5.41, 5.74) is 6.68. The van der Waals surface area contributed by atoms with E-state index in [2.05, 4.69) is 20.9 Å². The monoisotopic (exact) mass is 297 g/mol. The number of hydrogen-bond acceptors (Lipinski definition) is 2. The molecule has 2 unspecified atom stereocenters. The van der Waals surface area contributed by atoms with Crippen LogP contribution in [0.1, 0.15) is 36.2 Å². The maximum Gasteiger partial charge on any atom is 0.270 e. The summed E-state index contributed by atoms with van der Waals surface area (Å²) in [5.74, 6) is 0.120. The van der Waals surface area contributed by atoms with Crippen LogP contribution in [0.5, 0.6) is 0 Å². The van der Waals surface area contributed by atoms with Gasteiger partial charge in [-0.2, -0.15) is 0 Å². The minimum absolute atomic E-state index is 0.120. The van der Waals surface area contributed by atoms with E-state index in [9.17, 15) is 4.79 Å². The Morgan fingerprint density at radius 2 is 2.06 bits per heavy atom. The van der Waals surface area contributed by atoms with Crippen molar-refractivity contribution in [3.63, 3.8) is 0 Å². The van der Waals surface area contributed by atoms with Gasteiger partial charge < -0.3 is 15.6 Å². The molecule has 3 rings (SSSR count). The number of aromatic nitrogens is 1. The number of halogens is 1. The zero-order valence-corrected chi connectivity index (χ0v) is 11.1. The Labute approximate surface area is 109 Å². The van der Waals surface area contributed by atoms with Crippen LogP contribution in [0.3, 0.4) is 0 Å². The van der Waals surface area contributed by atoms with Crippen molar-refractivity contribution in [3.8, 4) is 0 Å². The largest absolute Gasteiger partial charge is 0.356 e. The van der Waals surface area contributed by atoms with E-state index in [0.717, 1.165) is 30.2 Å². The first-order valence-corrected chi connectivity index (χ1v) is 6.86. The summed E-state index contributed by atoms with van der Waals surface area (Å²) in [6.07, 6.45) is 5.90. The minimum atomic E-state index is 0.120. The maximum atomic E-state index is 12.4. The van der Waals surface area contributed by atoms with Crippen molar-refractivity contribution in [3.05, 3.63) is 22.4 Å². The molecule has 2 aliphatic heterocycles. The first-order chi connectivity index (χ1) is 8.15. The number of nitrogens with one attached hydrogen (secondary N) is 1. The van der Waals surface area contributed by atoms with E-state index in [1.54, 1.807) is 6.20 Å². The summed E-state index contributed by atoms with van der Waals surface area (Å²) >= 11 is 3.36. The molecule has 17 heavy (non-hydrogen) atoms. The predicted octanol–water partition coefficient (Wildman–Crippen LogP) is 1.87. The first kappa shape index (κ1) is 11.3. The van der Waals surface area contributed by atoms with Gasteiger partial charge in [-0.15, -0.1) is 0 Å². The fourth-order valence-corrected chi connectivity index (χ4v) is 3.52. The van der Waals surface area contributed by atoms with Crippen molar-refractivity contribution in [1.29, 1.82) is 0 Å². The van der Waals surface area contributed by atoms with E-state index in [4.69, 9.17) is 5.73 Å². The van der Waals surface area contributed by atoms with Crippen molar-refractivity contribution < 1.29 is 4.79 Å². The molecule has 2 aliphatic rings. The van der Waals surface area contributed by atoms with Crippen molar-refractivity contribution in [1.82, 2.24) is 9.88 Å². The number of aromatic amines is 1. The standard InChI is InChI=1S/C12H16BrN3O/c13-7-3-11(15-6-7)12(17)16-9-1-2-10(16)5-8(14)4-9/h3,6,8-10,15H,1-2,4-5,14H2. The quantitative estimate of drug-likeness (QED) is 0.831. The molecule has 5 heteroatoms. The number of carbonyl (C=O) groups excluding carboxylic acids is 1. The normalized spacial score (nSPS) is 31.9. The van der Waals surface area contributed by atoms with Crippen molar-refractivity contribution in [2.24, 2.45) is 5.73 Å². The van der Waals surface area contributed by atoms with Crippen LogP contribution < -0.4 is 5.73 Å². The van der Waals surface area contributed by atoms with Crippen LogP contribution in [0, 0.1) is 0 Å². The highest BCUT2D eigenvalue weighted by molar-refractivity contribution is 9.10. The van der Waals surface area contributed by atoms with Crippen LogP contribution in [-0.2, 0) is 0 Å². The number of nitrogens with zero attached hydrogens (tertiary/aromatic N) is 1. The highest BCUT2D eigenvalue weighted by Gasteiger charge is 2.42. The smallest absolute Gasteiger partial charge is 0.270 e. The lowest BCUT2D eigenvalue weighted by molar-refractivity contribution is 0.0569. The summed E-state index contributed by atoms with van der Waals surface area (Å²) in [6, 6.07) is 2.81. The van der Waals surface area contributed by atoms with Crippen LogP contribution in [0.25, 0.3) is 0 Å². The lowest BCUT2D eigenvalue weighted by atomic mass is 9.98. The van der Waals surface area contributed by atoms with Crippen molar-refractivity contribution >= 4 is 21.8 Å². The summed E-state index contributed by atoms with van der Waals surface area (Å²) in [4.78, 5) is 17.5. The van der Waals surface area contributed by atoms with E-state index >= 15 is 0 Å². The van der Waals surface area contributed by atoms with Crippen LogP contribution in [0.2, 0.25) is 0 Å². The second-order valence-electron chi connectivity index (χ2n) is 5.06. The molecule has 2 saturated heterocycles. The van der Waals surface area contributed by atoms with E-state index in [1.165, 1.54) is 0 Å². The van der Waals surface area contributed by atoms with Crippen LogP contribution in [0.15, 0.2) is 16.7 Å². The number of fused-ring (bicyclic) bond motifs is 2. The molecule has 0 aliphatic carbocycles. The van der Waals surface area contributed by atoms with Crippen LogP contribution in [-0.4, -0.2) is 33.9 Å². The fourth-order valence-electron chi connectivity index (χ4n) is 3.18. The number of piperidine rings is 1. The molecule has 1 aromatic rings. The highest BCUT2D eigenvalue weighted by Crippen LogP contribution is 2.36. The molecule has 1 aromatic heterocycles. The van der Waals surface area contributed by atoms with Crippen molar-refractivity contribution in [2.75, 3.05) is 0 Å². The molecule has 2 atom stereocenters. The topological polar surface area (TPSA) is 62.1 Å². The Morgan fingerprint density at radius 3 is 2.59 bits per heavy atom. The van der Waals surface area contributed by atoms with Gasteiger partial charge in [-0.05, 0) is 47.7 Å². The Hall–Kier alpha value is -0.810. The average molecular weight is 298 g/mol. The lowest BCUT2D eigenvalue weighted by Crippen LogP contribution is -2.50. The van der Waals surface area contributed by atoms with Gasteiger partial charge in [0.25, 0.3) is 5.91 Å². The SMILES string of the molecule is NC1CC2CCC(C1)N2C(=O)c1cc(Br)c[nH]1. The second kappa shape index (κ2) is 4.14. The first-order valence-electron chi connectivity index (χ1n) is 6.07. The maximum absolute atomic E-state index is 12.4. The lowest BCUT2D eigenvalue weighted by Gasteiger charge is -2.37. The highest BCUT2D eigenvalue weighted by atomic mass is 79.9. The average Bonchev–Trinajstić information content (AvgIpc) is 2.81. The molecule has 0 radical (unpaired) electrons. The molecular formula is C12H16BrN3O. The van der Waals surface area contributed by atoms with Gasteiger partial charge in [0.1, 0.15) is 5.69 Å². The number of hydrogen-bond donors (Lipinski definition) is 2. The molecular weight excluding hydrogens is 282 g/mol. The third-order valence-corrected chi connectivity index (χ3v) is 4.34. The summed E-state index contributed by atoms with van der Waals surface area (Å²) in [7, 11) is 0. The van der Waals surface area contributed by atoms with Gasteiger partial charge >= 0.3 is 0 Å². The van der Waals surface area contributed by atoms with Crippen LogP contribution >= 0.6 is 15.9 Å². The molecule has 0 aromatic carbocycles. The summed E-state index contributed by atoms with van der Waals surface area (Å²) in [6.45, 7) is 0. The van der Waals surface area contributed by atoms with Gasteiger partial charge in [0.05, 0.1) is 0 Å². The molecule has 0 spiro atoms. The van der Waals surface area contributed by atoms with Gasteiger partial charge in [0.2, 0.25) is 0 Å². The number of carbonyl (C=O) groups is 1. The third-order valence-electron chi connectivity index (χ3n) is 3.88. The molecule has 1 amide bonds. The number of amides is 1. The van der Waals surface area contributed by atoms with Gasteiger partial charge in [0, 0.05) is 28.8 Å². The van der Waals surface area contributed by atoms with Gasteiger partial charge in [-0.25, -0.2) is 0 Å². The molecule has 2 fully saturated rings. The molecule has 2 bridgehead atoms. The summed E-state index contributed by atoms with van der Waals surface area (Å²) < 4.78 is 0.918. The Balaban J connectivity index is 1.83. The van der Waals surface area contributed by atoms with E-state index in [0.29, 0.717) is 17.8 Å². The molecule has 0 saturated carbocycles. The van der Waals surface area contributed by atoms with Crippen molar-refractivity contribution in [2.45, 2.75) is 43.8 Å². The van der Waals surface area contributed by atoms with E-state index in [1.807, 2.05) is 11.0 Å². The number of rotatable bonds is 1. The Bertz CT molecular complexity index is 431. The Morgan fingerprint density at radius 1 is 1.41 bits per heavy atom. The van der Waals surface area contributed by atoms with Gasteiger partial charge in [-0.1, -0.05) is 0 Å². The van der Waals surface area contributed by atoms with Crippen LogP contribution in [0.4, 0.5) is 0 Å². The van der Waals surface area contributed by atoms with E-state index < -0.39 is 0 Å². The zero-order chi connectivity index (χ0) is 12.0. The molecule has 92 valence electrons. The van der Waals surface area contributed by atoms with E-state index in [-0.39, 0.29) is 11.9 Å². The fraction of sp³-hybridized carbons (Fsp3) is 0.583. The predicted molar refractivity (Wildman–Crippen MR) is 68.7 cm³/mol. The Kier molecular flexibility index (Phi) is 2.75. The number of H-pyrrole nitrogens is 1. The minimum Gasteiger partial charge on any atom is -0.356 e. The molecule has 3 N–H and O–H groups in total. The third kappa shape index (κ3) is 1.91. The van der Waals surface area contributed by atoms with Gasteiger partial charge in [0.15, 0.2) is 0 Å². The number of nitrogens with two attached hydrogens (primary N) is 1. The van der Waals surface area contributed by atoms with Gasteiger partial charge in [-0.3, -0.25) is 4.79 Å².